The Morgan fingerprint density at radius 2 is 2.20 bits per heavy atom. The minimum absolute atomic E-state index is 0.00389. The van der Waals surface area contributed by atoms with Gasteiger partial charge in [0.15, 0.2) is 11.6 Å². The molecule has 0 fully saturated rings. The van der Waals surface area contributed by atoms with E-state index in [9.17, 15) is 14.3 Å². The van der Waals surface area contributed by atoms with Gasteiger partial charge in [0.25, 0.3) is 0 Å². The summed E-state index contributed by atoms with van der Waals surface area (Å²) in [4.78, 5) is 10.2. The van der Waals surface area contributed by atoms with Crippen LogP contribution in [0.3, 0.4) is 0 Å². The van der Waals surface area contributed by atoms with Crippen LogP contribution < -0.4 is 5.32 Å². The molecule has 5 heteroatoms. The molecule has 0 spiro atoms. The van der Waals surface area contributed by atoms with Gasteiger partial charge in [0.05, 0.1) is 6.42 Å². The number of aliphatic carboxylic acids is 1. The summed E-state index contributed by atoms with van der Waals surface area (Å²) >= 11 is 0. The number of carboxylic acids is 1. The highest BCUT2D eigenvalue weighted by Crippen LogP contribution is 2.19. The Kier molecular flexibility index (Phi) is 4.05. The second kappa shape index (κ2) is 5.31. The molecule has 15 heavy (non-hydrogen) atoms. The van der Waals surface area contributed by atoms with Crippen LogP contribution in [0.1, 0.15) is 12.0 Å². The zero-order valence-corrected chi connectivity index (χ0v) is 8.03. The van der Waals surface area contributed by atoms with E-state index >= 15 is 0 Å². The third-order valence-electron chi connectivity index (χ3n) is 1.90. The van der Waals surface area contributed by atoms with E-state index in [1.165, 1.54) is 6.07 Å². The van der Waals surface area contributed by atoms with Crippen molar-refractivity contribution in [1.29, 1.82) is 0 Å². The average molecular weight is 213 g/mol. The first-order valence-electron chi connectivity index (χ1n) is 4.50. The van der Waals surface area contributed by atoms with Crippen molar-refractivity contribution in [3.63, 3.8) is 0 Å². The van der Waals surface area contributed by atoms with Crippen molar-refractivity contribution in [2.24, 2.45) is 0 Å². The zero-order valence-electron chi connectivity index (χ0n) is 8.03. The molecule has 0 aliphatic heterocycles. The van der Waals surface area contributed by atoms with Gasteiger partial charge in [0.1, 0.15) is 0 Å². The summed E-state index contributed by atoms with van der Waals surface area (Å²) in [6.45, 7) is 0.530. The molecule has 1 aromatic rings. The van der Waals surface area contributed by atoms with E-state index in [4.69, 9.17) is 5.11 Å². The number of phenols is 1. The molecule has 0 saturated heterocycles. The summed E-state index contributed by atoms with van der Waals surface area (Å²) in [7, 11) is 0. The van der Waals surface area contributed by atoms with E-state index in [1.807, 2.05) is 0 Å². The molecule has 1 rings (SSSR count). The van der Waals surface area contributed by atoms with Crippen LogP contribution in [0.2, 0.25) is 0 Å². The second-order valence-electron chi connectivity index (χ2n) is 3.07. The van der Waals surface area contributed by atoms with Gasteiger partial charge in [-0.25, -0.2) is 4.39 Å². The van der Waals surface area contributed by atoms with Crippen molar-refractivity contribution in [2.45, 2.75) is 13.0 Å². The van der Waals surface area contributed by atoms with E-state index < -0.39 is 11.8 Å². The molecule has 0 amide bonds. The first-order valence-corrected chi connectivity index (χ1v) is 4.50. The summed E-state index contributed by atoms with van der Waals surface area (Å²) in [6, 6.07) is 4.23. The number of carboxylic acid groups (broad SMARTS) is 1. The number of phenolic OH excluding ortho intramolecular Hbond substituents is 1. The third-order valence-corrected chi connectivity index (χ3v) is 1.90. The molecule has 82 valence electrons. The number of aromatic hydroxyl groups is 1. The predicted molar refractivity (Wildman–Crippen MR) is 52.0 cm³/mol. The zero-order chi connectivity index (χ0) is 11.3. The number of benzene rings is 1. The van der Waals surface area contributed by atoms with Gasteiger partial charge in [0, 0.05) is 18.7 Å². The lowest BCUT2D eigenvalue weighted by molar-refractivity contribution is -0.136. The Balaban J connectivity index is 2.44. The fourth-order valence-electron chi connectivity index (χ4n) is 1.12. The number of nitrogens with one attached hydrogen (secondary N) is 1. The Hall–Kier alpha value is -1.62. The number of para-hydroxylation sites is 1. The predicted octanol–water partition coefficient (Wildman–Crippen LogP) is 1.10. The smallest absolute Gasteiger partial charge is 0.304 e. The van der Waals surface area contributed by atoms with Crippen molar-refractivity contribution in [3.8, 4) is 5.75 Å². The first-order chi connectivity index (χ1) is 7.11. The molecule has 0 aliphatic rings. The number of hydrogen-bond acceptors (Lipinski definition) is 3. The summed E-state index contributed by atoms with van der Waals surface area (Å²) < 4.78 is 12.8. The van der Waals surface area contributed by atoms with Crippen LogP contribution in [-0.2, 0) is 11.3 Å². The summed E-state index contributed by atoms with van der Waals surface area (Å²) in [5.74, 6) is -1.96. The normalized spacial score (nSPS) is 10.2. The number of rotatable bonds is 5. The molecule has 0 atom stereocenters. The van der Waals surface area contributed by atoms with Crippen LogP contribution in [0.15, 0.2) is 18.2 Å². The van der Waals surface area contributed by atoms with Crippen molar-refractivity contribution in [3.05, 3.63) is 29.6 Å². The van der Waals surface area contributed by atoms with Gasteiger partial charge in [-0.3, -0.25) is 4.79 Å². The Bertz CT molecular complexity index is 355. The molecule has 3 N–H and O–H groups in total. The maximum Gasteiger partial charge on any atom is 0.304 e. The Morgan fingerprint density at radius 3 is 2.87 bits per heavy atom. The standard InChI is InChI=1S/C10H12FNO3/c11-8-3-1-2-7(10(8)15)6-12-5-4-9(13)14/h1-3,12,15H,4-6H2,(H,13,14). The summed E-state index contributed by atoms with van der Waals surface area (Å²) in [5.41, 5.74) is 0.417. The molecular formula is C10H12FNO3. The van der Waals surface area contributed by atoms with E-state index in [2.05, 4.69) is 5.32 Å². The van der Waals surface area contributed by atoms with Crippen molar-refractivity contribution in [2.75, 3.05) is 6.54 Å². The largest absolute Gasteiger partial charge is 0.505 e. The van der Waals surface area contributed by atoms with Gasteiger partial charge in [-0.2, -0.15) is 0 Å². The van der Waals surface area contributed by atoms with Gasteiger partial charge in [-0.15, -0.1) is 0 Å². The quantitative estimate of drug-likeness (QED) is 0.640. The number of hydrogen-bond donors (Lipinski definition) is 3. The molecule has 0 radical (unpaired) electrons. The Morgan fingerprint density at radius 1 is 1.47 bits per heavy atom. The van der Waals surface area contributed by atoms with Crippen molar-refractivity contribution >= 4 is 5.97 Å². The first kappa shape index (κ1) is 11.5. The molecule has 0 bridgehead atoms. The van der Waals surface area contributed by atoms with Crippen LogP contribution in [0.4, 0.5) is 4.39 Å². The molecule has 1 aromatic carbocycles. The number of halogens is 1. The van der Waals surface area contributed by atoms with E-state index in [0.717, 1.165) is 6.07 Å². The maximum absolute atomic E-state index is 12.8. The molecule has 4 nitrogen and oxygen atoms in total. The monoisotopic (exact) mass is 213 g/mol. The molecule has 0 saturated carbocycles. The average Bonchev–Trinajstić information content (AvgIpc) is 2.18. The fourth-order valence-corrected chi connectivity index (χ4v) is 1.12. The fraction of sp³-hybridized carbons (Fsp3) is 0.300. The summed E-state index contributed by atoms with van der Waals surface area (Å²) in [5, 5.41) is 20.4. The molecule has 0 unspecified atom stereocenters. The SMILES string of the molecule is O=C(O)CCNCc1cccc(F)c1O. The van der Waals surface area contributed by atoms with Gasteiger partial charge >= 0.3 is 5.97 Å². The Labute approximate surface area is 86.4 Å². The lowest BCUT2D eigenvalue weighted by Crippen LogP contribution is -2.17. The van der Waals surface area contributed by atoms with Crippen molar-refractivity contribution < 1.29 is 19.4 Å². The van der Waals surface area contributed by atoms with Gasteiger partial charge < -0.3 is 15.5 Å². The highest BCUT2D eigenvalue weighted by Gasteiger charge is 2.05. The molecule has 0 aromatic heterocycles. The van der Waals surface area contributed by atoms with Gasteiger partial charge in [-0.05, 0) is 6.07 Å². The van der Waals surface area contributed by atoms with Crippen molar-refractivity contribution in [1.82, 2.24) is 5.32 Å². The minimum Gasteiger partial charge on any atom is -0.505 e. The lowest BCUT2D eigenvalue weighted by atomic mass is 10.2. The molecule has 0 aliphatic carbocycles. The summed E-state index contributed by atoms with van der Waals surface area (Å²) in [6.07, 6.45) is -0.00389. The van der Waals surface area contributed by atoms with E-state index in [1.54, 1.807) is 6.07 Å². The van der Waals surface area contributed by atoms with Crippen LogP contribution in [0, 0.1) is 5.82 Å². The number of carbonyl (C=O) groups is 1. The van der Waals surface area contributed by atoms with Crippen LogP contribution in [0.5, 0.6) is 5.75 Å². The maximum atomic E-state index is 12.8. The topological polar surface area (TPSA) is 69.6 Å². The van der Waals surface area contributed by atoms with Gasteiger partial charge in [0.2, 0.25) is 0 Å². The van der Waals surface area contributed by atoms with Crippen LogP contribution in [0.25, 0.3) is 0 Å². The van der Waals surface area contributed by atoms with Gasteiger partial charge in [-0.1, -0.05) is 12.1 Å². The van der Waals surface area contributed by atoms with Crippen LogP contribution in [-0.4, -0.2) is 22.7 Å². The third kappa shape index (κ3) is 3.55. The minimum atomic E-state index is -0.897. The highest BCUT2D eigenvalue weighted by molar-refractivity contribution is 5.66. The highest BCUT2D eigenvalue weighted by atomic mass is 19.1. The molecule has 0 heterocycles. The van der Waals surface area contributed by atoms with E-state index in [0.29, 0.717) is 5.56 Å². The van der Waals surface area contributed by atoms with Crippen LogP contribution >= 0.6 is 0 Å². The lowest BCUT2D eigenvalue weighted by Gasteiger charge is -2.05. The van der Waals surface area contributed by atoms with E-state index in [-0.39, 0.29) is 25.3 Å². The molecular weight excluding hydrogens is 201 g/mol. The second-order valence-corrected chi connectivity index (χ2v) is 3.07.